The number of nitrogens with two attached hydrogens (primary N) is 1. The van der Waals surface area contributed by atoms with E-state index in [1.54, 1.807) is 12.4 Å². The first-order valence-corrected chi connectivity index (χ1v) is 7.82. The van der Waals surface area contributed by atoms with E-state index < -0.39 is 7.12 Å². The van der Waals surface area contributed by atoms with Gasteiger partial charge in [0, 0.05) is 37.0 Å². The van der Waals surface area contributed by atoms with Gasteiger partial charge in [-0.05, 0) is 41.5 Å². The molecule has 2 rings (SSSR count). The lowest BCUT2D eigenvalue weighted by atomic mass is 9.81. The van der Waals surface area contributed by atoms with Gasteiger partial charge in [0.05, 0.1) is 11.2 Å². The number of hydrogen-bond acceptors (Lipinski definition) is 6. The van der Waals surface area contributed by atoms with E-state index in [1.165, 1.54) is 0 Å². The third-order valence-electron chi connectivity index (χ3n) is 4.43. The molecule has 1 fully saturated rings. The SMILES string of the molecule is CC(C)N(CCN)c1ncc(B2OC(C)(C)C(C)(C)O2)cn1. The molecule has 6 nitrogen and oxygen atoms in total. The van der Waals surface area contributed by atoms with Gasteiger partial charge < -0.3 is 19.9 Å². The molecule has 1 saturated heterocycles. The summed E-state index contributed by atoms with van der Waals surface area (Å²) in [5, 5.41) is 0. The molecule has 2 N–H and O–H groups in total. The molecule has 0 atom stereocenters. The van der Waals surface area contributed by atoms with E-state index in [2.05, 4.69) is 28.7 Å². The van der Waals surface area contributed by atoms with E-state index in [9.17, 15) is 0 Å². The van der Waals surface area contributed by atoms with Crippen LogP contribution in [-0.2, 0) is 9.31 Å². The van der Waals surface area contributed by atoms with E-state index >= 15 is 0 Å². The Bertz CT molecular complexity index is 489. The summed E-state index contributed by atoms with van der Waals surface area (Å²) in [4.78, 5) is 11.0. The number of nitrogens with zero attached hydrogens (tertiary/aromatic N) is 3. The summed E-state index contributed by atoms with van der Waals surface area (Å²) >= 11 is 0. The molecule has 22 heavy (non-hydrogen) atoms. The predicted octanol–water partition coefficient (Wildman–Crippen LogP) is 0.949. The smallest absolute Gasteiger partial charge is 0.399 e. The Balaban J connectivity index is 2.16. The average Bonchev–Trinajstić information content (AvgIpc) is 2.65. The maximum absolute atomic E-state index is 6.01. The first kappa shape index (κ1) is 17.2. The predicted molar refractivity (Wildman–Crippen MR) is 89.3 cm³/mol. The van der Waals surface area contributed by atoms with Crippen LogP contribution in [-0.4, -0.2) is 47.4 Å². The van der Waals surface area contributed by atoms with Crippen LogP contribution in [0.5, 0.6) is 0 Å². The highest BCUT2D eigenvalue weighted by Gasteiger charge is 2.51. The van der Waals surface area contributed by atoms with Crippen molar-refractivity contribution in [3.63, 3.8) is 0 Å². The number of anilines is 1. The molecule has 1 aromatic heterocycles. The van der Waals surface area contributed by atoms with E-state index in [1.807, 2.05) is 27.7 Å². The van der Waals surface area contributed by atoms with Crippen LogP contribution in [0.1, 0.15) is 41.5 Å². The molecule has 0 aromatic carbocycles. The second-order valence-corrected chi connectivity index (χ2v) is 6.98. The highest BCUT2D eigenvalue weighted by Crippen LogP contribution is 2.36. The Labute approximate surface area is 133 Å². The van der Waals surface area contributed by atoms with Crippen molar-refractivity contribution in [2.75, 3.05) is 18.0 Å². The summed E-state index contributed by atoms with van der Waals surface area (Å²) in [6, 6.07) is 0.297. The molecule has 122 valence electrons. The van der Waals surface area contributed by atoms with Crippen molar-refractivity contribution in [2.24, 2.45) is 5.73 Å². The third kappa shape index (κ3) is 3.26. The second kappa shape index (κ2) is 6.14. The van der Waals surface area contributed by atoms with Gasteiger partial charge in [-0.1, -0.05) is 0 Å². The van der Waals surface area contributed by atoms with Crippen molar-refractivity contribution >= 4 is 18.5 Å². The Morgan fingerprint density at radius 1 is 1.14 bits per heavy atom. The lowest BCUT2D eigenvalue weighted by Gasteiger charge is -2.32. The summed E-state index contributed by atoms with van der Waals surface area (Å²) in [6.07, 6.45) is 3.55. The molecular formula is C15H27BN4O2. The molecule has 1 aliphatic rings. The molecular weight excluding hydrogens is 279 g/mol. The Hall–Kier alpha value is -1.18. The van der Waals surface area contributed by atoms with Gasteiger partial charge in [0.2, 0.25) is 5.95 Å². The lowest BCUT2D eigenvalue weighted by Crippen LogP contribution is -2.41. The molecule has 1 aromatic rings. The molecule has 0 saturated carbocycles. The van der Waals surface area contributed by atoms with Crippen molar-refractivity contribution in [1.82, 2.24) is 9.97 Å². The zero-order valence-corrected chi connectivity index (χ0v) is 14.5. The summed E-state index contributed by atoms with van der Waals surface area (Å²) in [7, 11) is -0.430. The maximum Gasteiger partial charge on any atom is 0.498 e. The minimum absolute atomic E-state index is 0.297. The molecule has 0 spiro atoms. The maximum atomic E-state index is 6.01. The van der Waals surface area contributed by atoms with Crippen molar-refractivity contribution in [3.8, 4) is 0 Å². The van der Waals surface area contributed by atoms with E-state index in [-0.39, 0.29) is 11.2 Å². The summed E-state index contributed by atoms with van der Waals surface area (Å²) in [5.74, 6) is 0.681. The molecule has 0 aliphatic carbocycles. The zero-order chi connectivity index (χ0) is 16.5. The van der Waals surface area contributed by atoms with Crippen molar-refractivity contribution in [2.45, 2.75) is 58.8 Å². The van der Waals surface area contributed by atoms with Crippen LogP contribution in [0.25, 0.3) is 0 Å². The zero-order valence-electron chi connectivity index (χ0n) is 14.5. The Morgan fingerprint density at radius 3 is 2.05 bits per heavy atom. The Morgan fingerprint density at radius 2 is 1.64 bits per heavy atom. The average molecular weight is 306 g/mol. The summed E-state index contributed by atoms with van der Waals surface area (Å²) < 4.78 is 12.0. The van der Waals surface area contributed by atoms with Crippen molar-refractivity contribution in [1.29, 1.82) is 0 Å². The summed E-state index contributed by atoms with van der Waals surface area (Å²) in [5.41, 5.74) is 5.77. The van der Waals surface area contributed by atoms with Gasteiger partial charge >= 0.3 is 7.12 Å². The number of rotatable bonds is 5. The van der Waals surface area contributed by atoms with Gasteiger partial charge in [-0.25, -0.2) is 9.97 Å². The van der Waals surface area contributed by atoms with E-state index in [0.29, 0.717) is 18.5 Å². The standard InChI is InChI=1S/C15H27BN4O2/c1-11(2)20(8-7-17)13-18-9-12(10-19-13)16-21-14(3,4)15(5,6)22-16/h9-11H,7-8,17H2,1-6H3. The van der Waals surface area contributed by atoms with Gasteiger partial charge in [0.1, 0.15) is 0 Å². The van der Waals surface area contributed by atoms with Crippen LogP contribution in [0.3, 0.4) is 0 Å². The quantitative estimate of drug-likeness (QED) is 0.817. The highest BCUT2D eigenvalue weighted by molar-refractivity contribution is 6.61. The van der Waals surface area contributed by atoms with Crippen LogP contribution >= 0.6 is 0 Å². The number of aromatic nitrogens is 2. The molecule has 0 unspecified atom stereocenters. The van der Waals surface area contributed by atoms with Gasteiger partial charge in [-0.2, -0.15) is 0 Å². The molecule has 0 amide bonds. The Kier molecular flexibility index (Phi) is 4.80. The fourth-order valence-electron chi connectivity index (χ4n) is 2.31. The first-order valence-electron chi connectivity index (χ1n) is 7.82. The fourth-order valence-corrected chi connectivity index (χ4v) is 2.31. The van der Waals surface area contributed by atoms with Crippen LogP contribution in [0.4, 0.5) is 5.95 Å². The fraction of sp³-hybridized carbons (Fsp3) is 0.733. The first-order chi connectivity index (χ1) is 10.2. The molecule has 7 heteroatoms. The minimum Gasteiger partial charge on any atom is -0.399 e. The van der Waals surface area contributed by atoms with Gasteiger partial charge in [0.25, 0.3) is 0 Å². The largest absolute Gasteiger partial charge is 0.498 e. The monoisotopic (exact) mass is 306 g/mol. The third-order valence-corrected chi connectivity index (χ3v) is 4.43. The van der Waals surface area contributed by atoms with Crippen molar-refractivity contribution in [3.05, 3.63) is 12.4 Å². The van der Waals surface area contributed by atoms with Gasteiger partial charge in [-0.3, -0.25) is 0 Å². The van der Waals surface area contributed by atoms with Gasteiger partial charge in [-0.15, -0.1) is 0 Å². The normalized spacial score (nSPS) is 19.7. The van der Waals surface area contributed by atoms with Crippen molar-refractivity contribution < 1.29 is 9.31 Å². The topological polar surface area (TPSA) is 73.5 Å². The molecule has 0 bridgehead atoms. The van der Waals surface area contributed by atoms with Gasteiger partial charge in [0.15, 0.2) is 0 Å². The highest BCUT2D eigenvalue weighted by atomic mass is 16.7. The minimum atomic E-state index is -0.430. The van der Waals surface area contributed by atoms with Crippen LogP contribution in [0, 0.1) is 0 Å². The van der Waals surface area contributed by atoms with Crippen LogP contribution < -0.4 is 16.1 Å². The van der Waals surface area contributed by atoms with E-state index in [0.717, 1.165) is 12.0 Å². The summed E-state index contributed by atoms with van der Waals surface area (Å²) in [6.45, 7) is 13.6. The molecule has 0 radical (unpaired) electrons. The van der Waals surface area contributed by atoms with Crippen LogP contribution in [0.2, 0.25) is 0 Å². The lowest BCUT2D eigenvalue weighted by molar-refractivity contribution is 0.00578. The molecule has 1 aliphatic heterocycles. The van der Waals surface area contributed by atoms with Crippen LogP contribution in [0.15, 0.2) is 12.4 Å². The molecule has 2 heterocycles. The number of hydrogen-bond donors (Lipinski definition) is 1. The second-order valence-electron chi connectivity index (χ2n) is 6.98. The van der Waals surface area contributed by atoms with E-state index in [4.69, 9.17) is 15.0 Å².